The Hall–Kier alpha value is -9.35. The molecule has 3 aromatic carbocycles. The molecule has 2 aliphatic rings. The number of nitrogens with zero attached hydrogens (tertiary/aromatic N) is 5. The van der Waals surface area contributed by atoms with Gasteiger partial charge in [0, 0.05) is 78.9 Å². The maximum atomic E-state index is 14.7. The Bertz CT molecular complexity index is 3600. The number of anilines is 1. The lowest BCUT2D eigenvalue weighted by Gasteiger charge is -2.41. The van der Waals surface area contributed by atoms with Crippen LogP contribution in [-0.4, -0.2) is 201 Å². The highest BCUT2D eigenvalue weighted by molar-refractivity contribution is 5.99. The maximum Gasteiger partial charge on any atom is 0.332 e. The van der Waals surface area contributed by atoms with Crippen LogP contribution in [0.1, 0.15) is 138 Å². The van der Waals surface area contributed by atoms with Gasteiger partial charge in [0.2, 0.25) is 88.0 Å². The summed E-state index contributed by atoms with van der Waals surface area (Å²) in [7, 11) is 8.29. The number of urea groups is 1. The van der Waals surface area contributed by atoms with E-state index in [9.17, 15) is 80.0 Å². The van der Waals surface area contributed by atoms with E-state index in [0.29, 0.717) is 31.4 Å². The summed E-state index contributed by atoms with van der Waals surface area (Å²) in [4.78, 5) is 157. The summed E-state index contributed by atoms with van der Waals surface area (Å²) < 4.78 is 86.6. The second kappa shape index (κ2) is 41.1. The predicted molar refractivity (Wildman–Crippen MR) is 385 cm³/mol. The van der Waals surface area contributed by atoms with Crippen LogP contribution in [-0.2, 0) is 70.4 Å². The van der Waals surface area contributed by atoms with Gasteiger partial charge >= 0.3 is 12.0 Å². The van der Waals surface area contributed by atoms with E-state index in [1.807, 2.05) is 78.7 Å². The molecule has 9 N–H and O–H groups in total. The molecule has 0 aromatic heterocycles. The van der Waals surface area contributed by atoms with Crippen molar-refractivity contribution in [1.29, 1.82) is 5.26 Å². The zero-order valence-corrected chi connectivity index (χ0v) is 63.5. The summed E-state index contributed by atoms with van der Waals surface area (Å²) in [5.74, 6) is -22.2. The summed E-state index contributed by atoms with van der Waals surface area (Å²) >= 11 is 0. The van der Waals surface area contributed by atoms with Crippen LogP contribution in [0.2, 0.25) is 0 Å². The number of halogens is 5. The van der Waals surface area contributed by atoms with Crippen LogP contribution in [0, 0.1) is 75.4 Å². The molecule has 5 rings (SSSR count). The number of nitriles is 1. The number of amides is 11. The number of likely N-dealkylation sites (tertiary alicyclic amines) is 2. The quantitative estimate of drug-likeness (QED) is 0.00826. The molecule has 0 aliphatic carbocycles. The predicted octanol–water partition coefficient (Wildman–Crippen LogP) is 5.90. The SMILES string of the molecule is CC[C@H](C)[C@@H]([C@@H](CC(=O)N1CCC[C@H]1[C@H](OC)[C@@H](C)C(=O)N[C@@H](Cc1ccccc1)C(=O)NCc1ccc(NC(=O)[C@H](CCCNC(N)=O)NC(=O)[C@@H](NC(=O)CCC(=O)N2CCC(C#N)(C(=O)Oc3c(F)c(F)c(F)c(F)c3F)CC2)C(C)C)cc1)OC)N(C)C(=O)[C@@H](NC(=O)[C@H](C(C)C)N(C)C)C(C)C. The van der Waals surface area contributed by atoms with Gasteiger partial charge < -0.3 is 71.9 Å². The summed E-state index contributed by atoms with van der Waals surface area (Å²) in [6.45, 7) is 16.3. The van der Waals surface area contributed by atoms with Gasteiger partial charge in [0.25, 0.3) is 0 Å². The highest BCUT2D eigenvalue weighted by atomic mass is 19.2. The second-order valence-corrected chi connectivity index (χ2v) is 28.8. The number of hydrogen-bond acceptors (Lipinski definition) is 16. The lowest BCUT2D eigenvalue weighted by molar-refractivity contribution is -0.148. The van der Waals surface area contributed by atoms with Gasteiger partial charge in [0.15, 0.2) is 5.41 Å². The number of likely N-dealkylation sites (N-methyl/N-ethyl adjacent to an activating group) is 2. The number of ether oxygens (including phenoxy) is 3. The van der Waals surface area contributed by atoms with E-state index in [-0.39, 0.29) is 93.0 Å². The Morgan fingerprint density at radius 1 is 0.664 bits per heavy atom. The number of nitrogens with one attached hydrogen (secondary N) is 7. The van der Waals surface area contributed by atoms with Gasteiger partial charge in [-0.1, -0.05) is 111 Å². The minimum absolute atomic E-state index is 0.0233. The van der Waals surface area contributed by atoms with Gasteiger partial charge in [0.1, 0.15) is 24.2 Å². The Kier molecular flexibility index (Phi) is 33.9. The molecule has 11 amide bonds. The number of piperidine rings is 1. The molecular weight excluding hydrogens is 1400 g/mol. The average Bonchev–Trinajstić information content (AvgIpc) is 1.22. The first-order valence-electron chi connectivity index (χ1n) is 36.1. The summed E-state index contributed by atoms with van der Waals surface area (Å²) in [5.41, 5.74) is 4.72. The molecule has 2 aliphatic heterocycles. The fourth-order valence-electron chi connectivity index (χ4n) is 13.6. The van der Waals surface area contributed by atoms with Gasteiger partial charge in [-0.25, -0.2) is 22.8 Å². The van der Waals surface area contributed by atoms with E-state index in [0.717, 1.165) is 5.56 Å². The molecule has 590 valence electrons. The number of methoxy groups -OCH3 is 2. The van der Waals surface area contributed by atoms with Crippen LogP contribution in [0.5, 0.6) is 5.75 Å². The lowest BCUT2D eigenvalue weighted by Crippen LogP contribution is -2.59. The van der Waals surface area contributed by atoms with Gasteiger partial charge in [-0.2, -0.15) is 14.0 Å². The molecule has 27 nitrogen and oxygen atoms in total. The Labute approximate surface area is 622 Å². The van der Waals surface area contributed by atoms with Gasteiger partial charge in [-0.05, 0) is 99.6 Å². The average molecular weight is 1510 g/mol. The van der Waals surface area contributed by atoms with Crippen molar-refractivity contribution >= 4 is 70.9 Å². The van der Waals surface area contributed by atoms with Crippen LogP contribution in [0.15, 0.2) is 54.6 Å². The highest BCUT2D eigenvalue weighted by Crippen LogP contribution is 2.37. The number of hydrogen-bond donors (Lipinski definition) is 8. The van der Waals surface area contributed by atoms with Crippen molar-refractivity contribution in [3.05, 3.63) is 94.8 Å². The van der Waals surface area contributed by atoms with Crippen molar-refractivity contribution < 1.29 is 88.9 Å². The summed E-state index contributed by atoms with van der Waals surface area (Å²) in [6, 6.07) is 10.3. The molecular formula is C75H106F5N13O14. The first-order chi connectivity index (χ1) is 50.5. The van der Waals surface area contributed by atoms with Crippen LogP contribution >= 0.6 is 0 Å². The first-order valence-corrected chi connectivity index (χ1v) is 36.1. The molecule has 32 heteroatoms. The molecule has 11 atom stereocenters. The third kappa shape index (κ3) is 23.8. The maximum absolute atomic E-state index is 14.7. The van der Waals surface area contributed by atoms with Crippen molar-refractivity contribution in [2.45, 2.75) is 194 Å². The standard InChI is InChI=1S/C75H106F5N13O14/c1-15-44(8)64(91(12)72(102)62(42(4)5)89-71(101)63(43(6)7)90(10)11)52(105-13)38-55(96)93-34-20-24-51(93)65(106-14)45(9)67(97)87-50(37-46-21-17-16-18-22-46)68(98)84-39-47-25-27-48(28-26-47)85-69(99)49(23-19-33-83-74(82)104)86-70(100)61(41(2)3)88-53(94)29-30-54(95)92-35-31-75(40-81,32-36-92)73(103)107-66-59(79)57(77)56(76)58(78)60(66)80/h16-18,21-22,25-28,41-45,49-52,61-65H,15,19-20,23-24,29-39H2,1-14H3,(H,84,98)(H,85,99)(H,86,100)(H,87,97)(H,88,94)(H,89,101)(H3,82,83,104)/t44-,45+,49-,50-,51-,52+,61-,62-,63-,64-,65+/m0/s1. The summed E-state index contributed by atoms with van der Waals surface area (Å²) in [5, 5.41) is 29.2. The number of carbonyl (C=O) groups is 11. The largest absolute Gasteiger partial charge is 0.419 e. The molecule has 0 bridgehead atoms. The smallest absolute Gasteiger partial charge is 0.332 e. The number of benzene rings is 3. The molecule has 3 aromatic rings. The lowest BCUT2D eigenvalue weighted by atomic mass is 9.79. The van der Waals surface area contributed by atoms with Crippen molar-refractivity contribution in [2.24, 2.45) is 40.7 Å². The van der Waals surface area contributed by atoms with Crippen molar-refractivity contribution in [3.8, 4) is 11.8 Å². The Morgan fingerprint density at radius 2 is 1.26 bits per heavy atom. The van der Waals surface area contributed by atoms with E-state index in [1.165, 1.54) is 19.1 Å². The topological polar surface area (TPSA) is 362 Å². The molecule has 2 heterocycles. The summed E-state index contributed by atoms with van der Waals surface area (Å²) in [6.07, 6.45) is -1.48. The van der Waals surface area contributed by atoms with Crippen LogP contribution in [0.4, 0.5) is 32.4 Å². The fraction of sp³-hybridized carbons (Fsp3) is 0.600. The molecule has 0 radical (unpaired) electrons. The second-order valence-electron chi connectivity index (χ2n) is 28.8. The first kappa shape index (κ1) is 88.3. The van der Waals surface area contributed by atoms with Crippen molar-refractivity contribution in [3.63, 3.8) is 0 Å². The molecule has 2 saturated heterocycles. The molecule has 0 unspecified atom stereocenters. The minimum Gasteiger partial charge on any atom is -0.419 e. The van der Waals surface area contributed by atoms with Gasteiger partial charge in [-0.3, -0.25) is 48.1 Å². The zero-order chi connectivity index (χ0) is 79.9. The van der Waals surface area contributed by atoms with Gasteiger partial charge in [0.05, 0.1) is 48.7 Å². The Morgan fingerprint density at radius 3 is 1.80 bits per heavy atom. The van der Waals surface area contributed by atoms with E-state index in [1.54, 1.807) is 80.1 Å². The third-order valence-corrected chi connectivity index (χ3v) is 19.9. The number of carbonyl (C=O) groups excluding carboxylic acids is 11. The number of esters is 1. The molecule has 0 spiro atoms. The van der Waals surface area contributed by atoms with Crippen LogP contribution < -0.4 is 47.7 Å². The molecule has 107 heavy (non-hydrogen) atoms. The molecule has 0 saturated carbocycles. The van der Waals surface area contributed by atoms with Crippen LogP contribution in [0.3, 0.4) is 0 Å². The van der Waals surface area contributed by atoms with E-state index in [4.69, 9.17) is 15.2 Å². The van der Waals surface area contributed by atoms with Crippen LogP contribution in [0.25, 0.3) is 0 Å². The number of nitrogens with two attached hydrogens (primary N) is 1. The Balaban J connectivity index is 1.21. The monoisotopic (exact) mass is 1510 g/mol. The van der Waals surface area contributed by atoms with E-state index >= 15 is 0 Å². The van der Waals surface area contributed by atoms with E-state index < -0.39 is 180 Å². The fourth-order valence-corrected chi connectivity index (χ4v) is 13.6. The zero-order valence-electron chi connectivity index (χ0n) is 63.5. The number of rotatable bonds is 38. The van der Waals surface area contributed by atoms with E-state index in [2.05, 4.69) is 42.0 Å². The molecule has 2 fully saturated rings. The highest BCUT2D eigenvalue weighted by Gasteiger charge is 2.47. The van der Waals surface area contributed by atoms with Crippen molar-refractivity contribution in [1.82, 2.24) is 51.5 Å². The van der Waals surface area contributed by atoms with Gasteiger partial charge in [-0.15, -0.1) is 0 Å². The third-order valence-electron chi connectivity index (χ3n) is 19.9. The normalized spacial score (nSPS) is 17.0. The number of primary amides is 1. The van der Waals surface area contributed by atoms with Crippen molar-refractivity contribution in [2.75, 3.05) is 66.9 Å². The minimum atomic E-state index is -2.49.